The van der Waals surface area contributed by atoms with Crippen molar-refractivity contribution in [2.24, 2.45) is 13.0 Å². The molecule has 2 aromatic rings. The van der Waals surface area contributed by atoms with Crippen molar-refractivity contribution in [2.75, 3.05) is 18.0 Å². The third-order valence-electron chi connectivity index (χ3n) is 6.04. The van der Waals surface area contributed by atoms with Crippen molar-refractivity contribution in [3.05, 3.63) is 20.8 Å². The van der Waals surface area contributed by atoms with Crippen LogP contribution in [0.2, 0.25) is 0 Å². The fraction of sp³-hybridized carbons (Fsp3) is 0.762. The average Bonchev–Trinajstić information content (AvgIpc) is 3.06. The lowest BCUT2D eigenvalue weighted by Crippen LogP contribution is -2.35. The SMILES string of the molecule is CCCCCCCCCn1c(N2CCC(C)CC2)nc2c1c(=O)[nH]c(=O)n2C. The average molecular weight is 390 g/mol. The fourth-order valence-corrected chi connectivity index (χ4v) is 4.11. The van der Waals surface area contributed by atoms with Gasteiger partial charge in [0.1, 0.15) is 0 Å². The van der Waals surface area contributed by atoms with Gasteiger partial charge < -0.3 is 9.47 Å². The van der Waals surface area contributed by atoms with E-state index in [1.165, 1.54) is 36.7 Å². The van der Waals surface area contributed by atoms with Crippen molar-refractivity contribution in [1.82, 2.24) is 19.1 Å². The Morgan fingerprint density at radius 3 is 2.36 bits per heavy atom. The van der Waals surface area contributed by atoms with Gasteiger partial charge in [-0.2, -0.15) is 4.98 Å². The predicted octanol–water partition coefficient (Wildman–Crippen LogP) is 3.41. The second kappa shape index (κ2) is 9.43. The van der Waals surface area contributed by atoms with E-state index >= 15 is 0 Å². The molecule has 1 fully saturated rings. The van der Waals surface area contributed by atoms with Gasteiger partial charge >= 0.3 is 5.69 Å². The molecule has 7 heteroatoms. The Hall–Kier alpha value is -2.05. The molecule has 0 radical (unpaired) electrons. The molecule has 156 valence electrons. The molecule has 0 saturated carbocycles. The minimum Gasteiger partial charge on any atom is -0.342 e. The summed E-state index contributed by atoms with van der Waals surface area (Å²) in [6.45, 7) is 7.19. The minimum atomic E-state index is -0.406. The van der Waals surface area contributed by atoms with Gasteiger partial charge in [-0.25, -0.2) is 4.79 Å². The number of piperidine rings is 1. The highest BCUT2D eigenvalue weighted by Gasteiger charge is 2.24. The first-order valence-corrected chi connectivity index (χ1v) is 11.0. The second-order valence-electron chi connectivity index (χ2n) is 8.34. The second-order valence-corrected chi connectivity index (χ2v) is 8.34. The van der Waals surface area contributed by atoms with Crippen LogP contribution in [0, 0.1) is 5.92 Å². The number of hydrogen-bond acceptors (Lipinski definition) is 4. The molecule has 3 heterocycles. The van der Waals surface area contributed by atoms with E-state index in [0.29, 0.717) is 11.2 Å². The monoisotopic (exact) mass is 389 g/mol. The molecule has 1 aliphatic rings. The standard InChI is InChI=1S/C21H35N5O2/c1-4-5-6-7-8-9-10-13-26-17-18(24(3)21(28)23-19(17)27)22-20(26)25-14-11-16(2)12-15-25/h16H,4-15H2,1-3H3,(H,23,27,28). The summed E-state index contributed by atoms with van der Waals surface area (Å²) in [4.78, 5) is 34.1. The number of H-pyrrole nitrogens is 1. The number of nitrogens with one attached hydrogen (secondary N) is 1. The van der Waals surface area contributed by atoms with Gasteiger partial charge in [0.05, 0.1) is 0 Å². The molecule has 0 atom stereocenters. The van der Waals surface area contributed by atoms with E-state index in [1.54, 1.807) is 7.05 Å². The van der Waals surface area contributed by atoms with Crippen molar-refractivity contribution in [2.45, 2.75) is 78.2 Å². The van der Waals surface area contributed by atoms with Gasteiger partial charge in [-0.05, 0) is 25.2 Å². The Bertz CT molecular complexity index is 887. The summed E-state index contributed by atoms with van der Waals surface area (Å²) in [6.07, 6.45) is 10.9. The zero-order valence-electron chi connectivity index (χ0n) is 17.7. The number of anilines is 1. The molecule has 7 nitrogen and oxygen atoms in total. The molecule has 3 rings (SSSR count). The van der Waals surface area contributed by atoms with E-state index in [1.807, 2.05) is 0 Å². The van der Waals surface area contributed by atoms with Crippen LogP contribution in [0.1, 0.15) is 71.6 Å². The predicted molar refractivity (Wildman–Crippen MR) is 114 cm³/mol. The summed E-state index contributed by atoms with van der Waals surface area (Å²) in [5.41, 5.74) is 0.286. The largest absolute Gasteiger partial charge is 0.342 e. The molecule has 0 aliphatic carbocycles. The van der Waals surface area contributed by atoms with Crippen molar-refractivity contribution in [3.8, 4) is 0 Å². The first-order chi connectivity index (χ1) is 13.5. The van der Waals surface area contributed by atoms with Crippen LogP contribution < -0.4 is 16.1 Å². The highest BCUT2D eigenvalue weighted by Crippen LogP contribution is 2.25. The summed E-state index contributed by atoms with van der Waals surface area (Å²) in [5.74, 6) is 1.57. The van der Waals surface area contributed by atoms with Crippen LogP contribution in [0.5, 0.6) is 0 Å². The summed E-state index contributed by atoms with van der Waals surface area (Å²) in [7, 11) is 1.67. The number of hydrogen-bond donors (Lipinski definition) is 1. The van der Waals surface area contributed by atoms with E-state index in [9.17, 15) is 9.59 Å². The summed E-state index contributed by atoms with van der Waals surface area (Å²) >= 11 is 0. The third-order valence-corrected chi connectivity index (χ3v) is 6.04. The first-order valence-electron chi connectivity index (χ1n) is 11.0. The number of rotatable bonds is 9. The third kappa shape index (κ3) is 4.50. The molecule has 2 aromatic heterocycles. The van der Waals surface area contributed by atoms with Crippen LogP contribution in [0.15, 0.2) is 9.59 Å². The van der Waals surface area contributed by atoms with Gasteiger partial charge in [0.2, 0.25) is 5.95 Å². The molecule has 0 unspecified atom stereocenters. The van der Waals surface area contributed by atoms with Gasteiger partial charge in [-0.15, -0.1) is 0 Å². The zero-order chi connectivity index (χ0) is 20.1. The number of imidazole rings is 1. The molecule has 1 N–H and O–H groups in total. The van der Waals surface area contributed by atoms with Crippen molar-refractivity contribution in [1.29, 1.82) is 0 Å². The van der Waals surface area contributed by atoms with Gasteiger partial charge in [0.25, 0.3) is 5.56 Å². The molecule has 1 aliphatic heterocycles. The van der Waals surface area contributed by atoms with Gasteiger partial charge in [0.15, 0.2) is 11.2 Å². The lowest BCUT2D eigenvalue weighted by molar-refractivity contribution is 0.430. The van der Waals surface area contributed by atoms with E-state index < -0.39 is 5.69 Å². The van der Waals surface area contributed by atoms with Crippen molar-refractivity contribution in [3.63, 3.8) is 0 Å². The van der Waals surface area contributed by atoms with Crippen LogP contribution in [-0.2, 0) is 13.6 Å². The van der Waals surface area contributed by atoms with E-state index in [4.69, 9.17) is 4.98 Å². The van der Waals surface area contributed by atoms with Crippen molar-refractivity contribution >= 4 is 17.1 Å². The van der Waals surface area contributed by atoms with Crippen LogP contribution in [0.25, 0.3) is 11.2 Å². The molecule has 0 spiro atoms. The van der Waals surface area contributed by atoms with E-state index in [2.05, 4.69) is 28.3 Å². The highest BCUT2D eigenvalue weighted by molar-refractivity contribution is 5.74. The Balaban J connectivity index is 1.83. The zero-order valence-corrected chi connectivity index (χ0v) is 17.7. The summed E-state index contributed by atoms with van der Waals surface area (Å²) in [6, 6.07) is 0. The molecule has 28 heavy (non-hydrogen) atoms. The lowest BCUT2D eigenvalue weighted by Gasteiger charge is -2.31. The maximum Gasteiger partial charge on any atom is 0.329 e. The Labute approximate surface area is 166 Å². The van der Waals surface area contributed by atoms with E-state index in [-0.39, 0.29) is 5.56 Å². The smallest absolute Gasteiger partial charge is 0.329 e. The van der Waals surface area contributed by atoms with E-state index in [0.717, 1.165) is 57.2 Å². The summed E-state index contributed by atoms with van der Waals surface area (Å²) < 4.78 is 3.50. The summed E-state index contributed by atoms with van der Waals surface area (Å²) in [5, 5.41) is 0. The normalized spacial score (nSPS) is 15.6. The molecule has 1 saturated heterocycles. The number of aromatic nitrogens is 4. The van der Waals surface area contributed by atoms with Crippen LogP contribution in [-0.4, -0.2) is 32.2 Å². The topological polar surface area (TPSA) is 75.9 Å². The van der Waals surface area contributed by atoms with Gasteiger partial charge in [-0.1, -0.05) is 52.4 Å². The minimum absolute atomic E-state index is 0.329. The van der Waals surface area contributed by atoms with Gasteiger partial charge in [-0.3, -0.25) is 14.3 Å². The Morgan fingerprint density at radius 1 is 1.04 bits per heavy atom. The van der Waals surface area contributed by atoms with Crippen LogP contribution >= 0.6 is 0 Å². The molecule has 0 amide bonds. The highest BCUT2D eigenvalue weighted by atomic mass is 16.2. The number of aromatic amines is 1. The lowest BCUT2D eigenvalue weighted by atomic mass is 10.00. The molecule has 0 bridgehead atoms. The maximum absolute atomic E-state index is 12.6. The first kappa shape index (κ1) is 20.7. The fourth-order valence-electron chi connectivity index (χ4n) is 4.11. The Morgan fingerprint density at radius 2 is 1.68 bits per heavy atom. The molecular weight excluding hydrogens is 354 g/mol. The van der Waals surface area contributed by atoms with Crippen LogP contribution in [0.3, 0.4) is 0 Å². The maximum atomic E-state index is 12.6. The van der Waals surface area contributed by atoms with Crippen LogP contribution in [0.4, 0.5) is 5.95 Å². The quantitative estimate of drug-likeness (QED) is 0.667. The molecule has 0 aromatic carbocycles. The van der Waals surface area contributed by atoms with Crippen molar-refractivity contribution < 1.29 is 0 Å². The molecular formula is C21H35N5O2. The number of aryl methyl sites for hydroxylation is 2. The number of fused-ring (bicyclic) bond motifs is 1. The number of nitrogens with zero attached hydrogens (tertiary/aromatic N) is 4. The number of unbranched alkanes of at least 4 members (excludes halogenated alkanes) is 6. The van der Waals surface area contributed by atoms with Gasteiger partial charge in [0, 0.05) is 26.7 Å². The Kier molecular flexibility index (Phi) is 6.97.